The lowest BCUT2D eigenvalue weighted by Gasteiger charge is -2.14. The highest BCUT2D eigenvalue weighted by Crippen LogP contribution is 2.46. The summed E-state index contributed by atoms with van der Waals surface area (Å²) in [7, 11) is -3.83. The first-order valence-electron chi connectivity index (χ1n) is 5.03. The van der Waals surface area contributed by atoms with Crippen molar-refractivity contribution in [1.29, 1.82) is 0 Å². The summed E-state index contributed by atoms with van der Waals surface area (Å²) in [4.78, 5) is 11.5. The molecule has 2 rings (SSSR count). The number of sulfonamides is 1. The molecule has 2 aliphatic carbocycles. The number of hydrogen-bond donors (Lipinski definition) is 2. The molecule has 0 radical (unpaired) electrons. The summed E-state index contributed by atoms with van der Waals surface area (Å²) in [6.45, 7) is 1.49. The van der Waals surface area contributed by atoms with Gasteiger partial charge in [-0.05, 0) is 19.8 Å². The summed E-state index contributed by atoms with van der Waals surface area (Å²) < 4.78 is 48.6. The highest BCUT2D eigenvalue weighted by Gasteiger charge is 2.58. The van der Waals surface area contributed by atoms with Gasteiger partial charge < -0.3 is 5.73 Å². The van der Waals surface area contributed by atoms with Crippen LogP contribution in [0.2, 0.25) is 0 Å². The van der Waals surface area contributed by atoms with Gasteiger partial charge in [-0.1, -0.05) is 0 Å². The van der Waals surface area contributed by atoms with E-state index in [4.69, 9.17) is 5.73 Å². The van der Waals surface area contributed by atoms with Crippen LogP contribution in [0.25, 0.3) is 0 Å². The number of nitrogens with two attached hydrogens (primary N) is 1. The van der Waals surface area contributed by atoms with Crippen LogP contribution in [0, 0.1) is 0 Å². The molecule has 0 spiro atoms. The largest absolute Gasteiger partial charge is 0.313 e. The Bertz CT molecular complexity index is 520. The zero-order chi connectivity index (χ0) is 13.1. The molecule has 3 N–H and O–H groups in total. The second kappa shape index (κ2) is 3.26. The number of nitrogens with one attached hydrogen (secondary N) is 1. The molecule has 0 unspecified atom stereocenters. The lowest BCUT2D eigenvalue weighted by molar-refractivity contribution is -0.121. The van der Waals surface area contributed by atoms with E-state index in [9.17, 15) is 22.0 Å². The molecule has 0 aromatic heterocycles. The van der Waals surface area contributed by atoms with Gasteiger partial charge in [0.2, 0.25) is 10.0 Å². The van der Waals surface area contributed by atoms with E-state index in [1.807, 2.05) is 0 Å². The number of carbonyl (C=O) groups is 1. The highest BCUT2D eigenvalue weighted by atomic mass is 32.2. The Hall–Kier alpha value is -1.02. The lowest BCUT2D eigenvalue weighted by Crippen LogP contribution is -2.48. The molecule has 0 aliphatic heterocycles. The van der Waals surface area contributed by atoms with Crippen LogP contribution >= 0.6 is 0 Å². The van der Waals surface area contributed by atoms with E-state index in [0.717, 1.165) is 0 Å². The predicted octanol–water partition coefficient (Wildman–Crippen LogP) is 0.237. The summed E-state index contributed by atoms with van der Waals surface area (Å²) in [6, 6.07) is 0. The Morgan fingerprint density at radius 2 is 1.94 bits per heavy atom. The molecular weight excluding hydrogens is 254 g/mol. The Balaban J connectivity index is 2.13. The van der Waals surface area contributed by atoms with Gasteiger partial charge in [0.15, 0.2) is 0 Å². The number of amides is 1. The predicted molar refractivity (Wildman–Crippen MR) is 55.5 cm³/mol. The summed E-state index contributed by atoms with van der Waals surface area (Å²) in [6.07, 6.45) is -1.41. The van der Waals surface area contributed by atoms with E-state index in [-0.39, 0.29) is 6.42 Å². The molecule has 0 saturated heterocycles. The topological polar surface area (TPSA) is 89.3 Å². The van der Waals surface area contributed by atoms with Crippen LogP contribution in [0.5, 0.6) is 0 Å². The van der Waals surface area contributed by atoms with Crippen LogP contribution in [0.3, 0.4) is 0 Å². The second-order valence-corrected chi connectivity index (χ2v) is 6.97. The SMILES string of the molecule is CC1(S(=O)(=O)NC(=O)[C@@]2(N)CC2=C(F)F)CC1. The maximum absolute atomic E-state index is 12.2. The van der Waals surface area contributed by atoms with Gasteiger partial charge in [-0.15, -0.1) is 0 Å². The van der Waals surface area contributed by atoms with Crippen LogP contribution in [0.1, 0.15) is 26.2 Å². The first-order chi connectivity index (χ1) is 7.62. The number of hydrogen-bond acceptors (Lipinski definition) is 4. The summed E-state index contributed by atoms with van der Waals surface area (Å²) in [5, 5.41) is 0. The molecule has 2 aliphatic rings. The fourth-order valence-corrected chi connectivity index (χ4v) is 2.78. The molecule has 1 amide bonds. The molecule has 1 atom stereocenters. The maximum atomic E-state index is 12.2. The number of carbonyl (C=O) groups excluding carboxylic acids is 1. The van der Waals surface area contributed by atoms with Gasteiger partial charge in [0, 0.05) is 12.0 Å². The molecule has 8 heteroatoms. The van der Waals surface area contributed by atoms with Crippen LogP contribution in [0.4, 0.5) is 8.78 Å². The second-order valence-electron chi connectivity index (χ2n) is 4.77. The molecule has 0 aromatic rings. The number of halogens is 2. The van der Waals surface area contributed by atoms with Crippen molar-refractivity contribution < 1.29 is 22.0 Å². The van der Waals surface area contributed by atoms with Crippen LogP contribution in [-0.4, -0.2) is 24.6 Å². The third kappa shape index (κ3) is 1.85. The molecule has 0 aromatic carbocycles. The van der Waals surface area contributed by atoms with Gasteiger partial charge >= 0.3 is 0 Å². The van der Waals surface area contributed by atoms with E-state index < -0.39 is 37.9 Å². The Kier molecular flexibility index (Phi) is 2.38. The molecule has 17 heavy (non-hydrogen) atoms. The van der Waals surface area contributed by atoms with Crippen molar-refractivity contribution in [1.82, 2.24) is 4.72 Å². The Morgan fingerprint density at radius 3 is 2.29 bits per heavy atom. The fourth-order valence-electron chi connectivity index (χ4n) is 1.47. The molecule has 5 nitrogen and oxygen atoms in total. The van der Waals surface area contributed by atoms with Crippen LogP contribution in [-0.2, 0) is 14.8 Å². The first-order valence-corrected chi connectivity index (χ1v) is 6.51. The average Bonchev–Trinajstić information content (AvgIpc) is 3.04. The fraction of sp³-hybridized carbons (Fsp3) is 0.667. The highest BCUT2D eigenvalue weighted by molar-refractivity contribution is 7.91. The van der Waals surface area contributed by atoms with E-state index in [0.29, 0.717) is 12.8 Å². The molecule has 96 valence electrons. The standard InChI is InChI=1S/C9H12F2N2O3S/c1-8(2-3-8)17(15,16)13-7(14)9(12)4-5(9)6(10)11/h2-4,12H2,1H3,(H,13,14)/t9-/m1/s1. The van der Waals surface area contributed by atoms with Gasteiger partial charge in [0.25, 0.3) is 12.0 Å². The quantitative estimate of drug-likeness (QED) is 0.765. The van der Waals surface area contributed by atoms with Crippen molar-refractivity contribution in [2.75, 3.05) is 0 Å². The van der Waals surface area contributed by atoms with E-state index in [2.05, 4.69) is 0 Å². The molecular formula is C9H12F2N2O3S. The zero-order valence-corrected chi connectivity index (χ0v) is 9.90. The lowest BCUT2D eigenvalue weighted by atomic mass is 10.3. The molecule has 2 saturated carbocycles. The minimum Gasteiger partial charge on any atom is -0.313 e. The third-order valence-corrected chi connectivity index (χ3v) is 5.49. The van der Waals surface area contributed by atoms with E-state index in [1.54, 1.807) is 4.72 Å². The summed E-state index contributed by atoms with van der Waals surface area (Å²) >= 11 is 0. The normalized spacial score (nSPS) is 29.8. The van der Waals surface area contributed by atoms with Crippen molar-refractivity contribution >= 4 is 15.9 Å². The van der Waals surface area contributed by atoms with Gasteiger partial charge in [-0.3, -0.25) is 9.52 Å². The molecule has 2 fully saturated rings. The smallest absolute Gasteiger partial charge is 0.271 e. The molecule has 0 bridgehead atoms. The Labute approximate surface area is 97.1 Å². The third-order valence-electron chi connectivity index (χ3n) is 3.33. The van der Waals surface area contributed by atoms with Gasteiger partial charge in [0.05, 0.1) is 4.75 Å². The van der Waals surface area contributed by atoms with E-state index >= 15 is 0 Å². The summed E-state index contributed by atoms with van der Waals surface area (Å²) in [5.41, 5.74) is 3.05. The van der Waals surface area contributed by atoms with Crippen molar-refractivity contribution in [2.45, 2.75) is 36.5 Å². The average molecular weight is 266 g/mol. The molecule has 0 heterocycles. The zero-order valence-electron chi connectivity index (χ0n) is 9.09. The van der Waals surface area contributed by atoms with E-state index in [1.165, 1.54) is 6.92 Å². The van der Waals surface area contributed by atoms with Gasteiger partial charge in [0.1, 0.15) is 5.54 Å². The Morgan fingerprint density at radius 1 is 1.41 bits per heavy atom. The maximum Gasteiger partial charge on any atom is 0.271 e. The van der Waals surface area contributed by atoms with Crippen LogP contribution < -0.4 is 10.5 Å². The monoisotopic (exact) mass is 266 g/mol. The summed E-state index contributed by atoms with van der Waals surface area (Å²) in [5.74, 6) is -1.08. The van der Waals surface area contributed by atoms with Crippen molar-refractivity contribution in [3.63, 3.8) is 0 Å². The minimum absolute atomic E-state index is 0.298. The minimum atomic E-state index is -3.83. The number of rotatable bonds is 3. The van der Waals surface area contributed by atoms with Gasteiger partial charge in [-0.25, -0.2) is 8.42 Å². The first kappa shape index (κ1) is 12.4. The van der Waals surface area contributed by atoms with Crippen molar-refractivity contribution in [2.24, 2.45) is 5.73 Å². The van der Waals surface area contributed by atoms with Crippen molar-refractivity contribution in [3.05, 3.63) is 11.7 Å². The van der Waals surface area contributed by atoms with Crippen molar-refractivity contribution in [3.8, 4) is 0 Å². The van der Waals surface area contributed by atoms with Crippen LogP contribution in [0.15, 0.2) is 11.7 Å². The van der Waals surface area contributed by atoms with Gasteiger partial charge in [-0.2, -0.15) is 8.78 Å².